The molecule has 1 aromatic rings. The van der Waals surface area contributed by atoms with E-state index in [2.05, 4.69) is 12.4 Å². The molecule has 0 amide bonds. The van der Waals surface area contributed by atoms with E-state index in [9.17, 15) is 0 Å². The summed E-state index contributed by atoms with van der Waals surface area (Å²) in [7, 11) is 3.75. The van der Waals surface area contributed by atoms with E-state index in [1.54, 1.807) is 7.11 Å². The fraction of sp³-hybridized carbons (Fsp3) is 0.647. The van der Waals surface area contributed by atoms with E-state index in [1.807, 2.05) is 24.3 Å². The van der Waals surface area contributed by atoms with Crippen molar-refractivity contribution in [2.75, 3.05) is 27.3 Å². The molecule has 3 nitrogen and oxygen atoms in total. The maximum Gasteiger partial charge on any atom is 0.119 e. The molecule has 0 aromatic heterocycles. The van der Waals surface area contributed by atoms with E-state index in [1.165, 1.54) is 19.3 Å². The minimum absolute atomic E-state index is 0.481. The van der Waals surface area contributed by atoms with Gasteiger partial charge in [0.1, 0.15) is 11.5 Å². The Morgan fingerprint density at radius 1 is 1.15 bits per heavy atom. The third-order valence-corrected chi connectivity index (χ3v) is 4.97. The number of ether oxygens (including phenoxy) is 2. The molecule has 3 rings (SSSR count). The molecule has 2 saturated carbocycles. The summed E-state index contributed by atoms with van der Waals surface area (Å²) >= 11 is 0. The summed E-state index contributed by atoms with van der Waals surface area (Å²) in [4.78, 5) is 0. The Kier molecular flexibility index (Phi) is 3.88. The van der Waals surface area contributed by atoms with Gasteiger partial charge in [-0.05, 0) is 74.2 Å². The van der Waals surface area contributed by atoms with Crippen LogP contribution in [0.1, 0.15) is 25.7 Å². The van der Waals surface area contributed by atoms with Gasteiger partial charge in [0.25, 0.3) is 0 Å². The summed E-state index contributed by atoms with van der Waals surface area (Å²) in [6.45, 7) is 1.94. The second-order valence-corrected chi connectivity index (χ2v) is 6.47. The smallest absolute Gasteiger partial charge is 0.119 e. The molecule has 2 atom stereocenters. The summed E-state index contributed by atoms with van der Waals surface area (Å²) in [5.41, 5.74) is 0.481. The molecule has 0 radical (unpaired) electrons. The number of hydrogen-bond donors (Lipinski definition) is 1. The standard InChI is InChI=1S/C17H25NO2/c1-18-12-17(10-13-9-14(13)11-17)7-8-20-16-5-3-15(19-2)4-6-16/h3-6,13-14,18H,7-12H2,1-2H3. The number of methoxy groups -OCH3 is 1. The van der Waals surface area contributed by atoms with Crippen LogP contribution in [0.5, 0.6) is 11.5 Å². The van der Waals surface area contributed by atoms with Gasteiger partial charge in [0.05, 0.1) is 13.7 Å². The van der Waals surface area contributed by atoms with E-state index >= 15 is 0 Å². The van der Waals surface area contributed by atoms with Crippen LogP contribution in [-0.4, -0.2) is 27.3 Å². The van der Waals surface area contributed by atoms with Gasteiger partial charge in [-0.3, -0.25) is 0 Å². The van der Waals surface area contributed by atoms with Crippen molar-refractivity contribution in [1.82, 2.24) is 5.32 Å². The number of hydrogen-bond acceptors (Lipinski definition) is 3. The lowest BCUT2D eigenvalue weighted by atomic mass is 9.80. The molecule has 0 bridgehead atoms. The first-order valence-corrected chi connectivity index (χ1v) is 7.66. The van der Waals surface area contributed by atoms with Gasteiger partial charge in [0, 0.05) is 6.54 Å². The fourth-order valence-electron chi connectivity index (χ4n) is 3.88. The average molecular weight is 275 g/mol. The Hall–Kier alpha value is -1.22. The minimum Gasteiger partial charge on any atom is -0.497 e. The van der Waals surface area contributed by atoms with Crippen LogP contribution in [-0.2, 0) is 0 Å². The van der Waals surface area contributed by atoms with Crippen molar-refractivity contribution >= 4 is 0 Å². The van der Waals surface area contributed by atoms with Gasteiger partial charge in [-0.2, -0.15) is 0 Å². The Morgan fingerprint density at radius 3 is 2.40 bits per heavy atom. The van der Waals surface area contributed by atoms with Crippen LogP contribution in [0, 0.1) is 17.3 Å². The van der Waals surface area contributed by atoms with Gasteiger partial charge >= 0.3 is 0 Å². The zero-order valence-electron chi connectivity index (χ0n) is 12.5. The first kappa shape index (κ1) is 13.7. The van der Waals surface area contributed by atoms with Crippen LogP contribution in [0.15, 0.2) is 24.3 Å². The third-order valence-electron chi connectivity index (χ3n) is 4.97. The molecule has 20 heavy (non-hydrogen) atoms. The maximum atomic E-state index is 5.91. The van der Waals surface area contributed by atoms with Crippen molar-refractivity contribution in [1.29, 1.82) is 0 Å². The molecule has 1 aromatic carbocycles. The molecular weight excluding hydrogens is 250 g/mol. The van der Waals surface area contributed by atoms with Gasteiger partial charge < -0.3 is 14.8 Å². The zero-order chi connectivity index (χ0) is 14.0. The predicted molar refractivity (Wildman–Crippen MR) is 80.3 cm³/mol. The van der Waals surface area contributed by atoms with Crippen molar-refractivity contribution in [3.8, 4) is 11.5 Å². The maximum absolute atomic E-state index is 5.91. The van der Waals surface area contributed by atoms with Crippen molar-refractivity contribution in [2.24, 2.45) is 17.3 Å². The lowest BCUT2D eigenvalue weighted by Gasteiger charge is -2.30. The molecule has 2 aliphatic rings. The van der Waals surface area contributed by atoms with Gasteiger partial charge in [-0.15, -0.1) is 0 Å². The van der Waals surface area contributed by atoms with Crippen LogP contribution in [0.25, 0.3) is 0 Å². The van der Waals surface area contributed by atoms with E-state index in [-0.39, 0.29) is 0 Å². The second-order valence-electron chi connectivity index (χ2n) is 6.47. The van der Waals surface area contributed by atoms with E-state index in [0.717, 1.165) is 42.9 Å². The van der Waals surface area contributed by atoms with Crippen molar-refractivity contribution < 1.29 is 9.47 Å². The van der Waals surface area contributed by atoms with E-state index in [4.69, 9.17) is 9.47 Å². The fourth-order valence-corrected chi connectivity index (χ4v) is 3.88. The normalized spacial score (nSPS) is 30.9. The molecule has 0 heterocycles. The molecule has 110 valence electrons. The number of nitrogens with one attached hydrogen (secondary N) is 1. The first-order valence-electron chi connectivity index (χ1n) is 7.66. The lowest BCUT2D eigenvalue weighted by Crippen LogP contribution is -2.33. The molecule has 0 saturated heterocycles. The van der Waals surface area contributed by atoms with Crippen LogP contribution in [0.3, 0.4) is 0 Å². The summed E-state index contributed by atoms with van der Waals surface area (Å²) < 4.78 is 11.1. The number of rotatable bonds is 7. The largest absolute Gasteiger partial charge is 0.497 e. The van der Waals surface area contributed by atoms with Crippen molar-refractivity contribution in [3.05, 3.63) is 24.3 Å². The van der Waals surface area contributed by atoms with Crippen LogP contribution in [0.4, 0.5) is 0 Å². The lowest BCUT2D eigenvalue weighted by molar-refractivity contribution is 0.180. The number of benzene rings is 1. The molecule has 3 heteroatoms. The summed E-state index contributed by atoms with van der Waals surface area (Å²) in [5, 5.41) is 3.38. The first-order chi connectivity index (χ1) is 9.74. The minimum atomic E-state index is 0.481. The topological polar surface area (TPSA) is 30.5 Å². The highest BCUT2D eigenvalue weighted by atomic mass is 16.5. The molecule has 2 fully saturated rings. The van der Waals surface area contributed by atoms with E-state index in [0.29, 0.717) is 5.41 Å². The third kappa shape index (κ3) is 2.93. The van der Waals surface area contributed by atoms with Gasteiger partial charge in [0.2, 0.25) is 0 Å². The Labute approximate surface area is 121 Å². The molecule has 0 aliphatic heterocycles. The summed E-state index contributed by atoms with van der Waals surface area (Å²) in [6.07, 6.45) is 5.42. The molecule has 0 spiro atoms. The zero-order valence-corrected chi connectivity index (χ0v) is 12.5. The number of fused-ring (bicyclic) bond motifs is 1. The highest BCUT2D eigenvalue weighted by molar-refractivity contribution is 5.31. The van der Waals surface area contributed by atoms with Crippen LogP contribution in [0.2, 0.25) is 0 Å². The Bertz CT molecular complexity index is 433. The molecule has 1 N–H and O–H groups in total. The molecular formula is C17H25NO2. The second kappa shape index (κ2) is 5.65. The highest BCUT2D eigenvalue weighted by Gasteiger charge is 2.52. The van der Waals surface area contributed by atoms with Crippen LogP contribution < -0.4 is 14.8 Å². The van der Waals surface area contributed by atoms with Crippen molar-refractivity contribution in [2.45, 2.75) is 25.7 Å². The van der Waals surface area contributed by atoms with Gasteiger partial charge in [0.15, 0.2) is 0 Å². The molecule has 2 aliphatic carbocycles. The van der Waals surface area contributed by atoms with E-state index < -0.39 is 0 Å². The van der Waals surface area contributed by atoms with Gasteiger partial charge in [-0.25, -0.2) is 0 Å². The average Bonchev–Trinajstić information content (AvgIpc) is 3.08. The summed E-state index contributed by atoms with van der Waals surface area (Å²) in [5.74, 6) is 3.85. The molecule has 2 unspecified atom stereocenters. The highest BCUT2D eigenvalue weighted by Crippen LogP contribution is 2.60. The summed E-state index contributed by atoms with van der Waals surface area (Å²) in [6, 6.07) is 7.86. The Morgan fingerprint density at radius 2 is 1.80 bits per heavy atom. The Balaban J connectivity index is 1.50. The predicted octanol–water partition coefficient (Wildman–Crippen LogP) is 3.10. The monoisotopic (exact) mass is 275 g/mol. The SMILES string of the molecule is CNCC1(CCOc2ccc(OC)cc2)CC2CC2C1. The van der Waals surface area contributed by atoms with Crippen LogP contribution >= 0.6 is 0 Å². The van der Waals surface area contributed by atoms with Crippen molar-refractivity contribution in [3.63, 3.8) is 0 Å². The quantitative estimate of drug-likeness (QED) is 0.829. The van der Waals surface area contributed by atoms with Gasteiger partial charge in [-0.1, -0.05) is 0 Å².